The minimum absolute atomic E-state index is 0.104. The van der Waals surface area contributed by atoms with Crippen LogP contribution in [-0.4, -0.2) is 28.2 Å². The molecule has 2 N–H and O–H groups in total. The van der Waals surface area contributed by atoms with Crippen molar-refractivity contribution in [2.45, 2.75) is 25.0 Å². The van der Waals surface area contributed by atoms with Gasteiger partial charge in [-0.2, -0.15) is 0 Å². The highest BCUT2D eigenvalue weighted by Gasteiger charge is 2.36. The lowest BCUT2D eigenvalue weighted by molar-refractivity contribution is 0.0602. The second kappa shape index (κ2) is 3.67. The van der Waals surface area contributed by atoms with Crippen LogP contribution in [0.4, 0.5) is 0 Å². The number of methoxy groups -OCH3 is 1. The number of nitrogens with two attached hydrogens (primary N) is 1. The van der Waals surface area contributed by atoms with Crippen LogP contribution in [0.5, 0.6) is 0 Å². The molecule has 1 fully saturated rings. The molecule has 0 saturated heterocycles. The Morgan fingerprint density at radius 1 is 1.64 bits per heavy atom. The molecule has 14 heavy (non-hydrogen) atoms. The third-order valence-corrected chi connectivity index (χ3v) is 2.80. The van der Waals surface area contributed by atoms with E-state index in [1.54, 1.807) is 18.0 Å². The van der Waals surface area contributed by atoms with Gasteiger partial charge in [-0.3, -0.25) is 4.68 Å². The summed E-state index contributed by atoms with van der Waals surface area (Å²) in [5.41, 5.74) is 7.04. The molecular weight excluding hydrogens is 180 g/mol. The molecule has 1 saturated carbocycles. The zero-order valence-corrected chi connectivity index (χ0v) is 8.55. The topological polar surface area (TPSA) is 66.0 Å². The fourth-order valence-electron chi connectivity index (χ4n) is 1.82. The first-order valence-corrected chi connectivity index (χ1v) is 4.87. The smallest absolute Gasteiger partial charge is 0.0807 e. The van der Waals surface area contributed by atoms with Crippen LogP contribution >= 0.6 is 0 Å². The zero-order valence-electron chi connectivity index (χ0n) is 8.55. The van der Waals surface area contributed by atoms with Gasteiger partial charge in [0, 0.05) is 14.2 Å². The van der Waals surface area contributed by atoms with Crippen molar-refractivity contribution in [3.05, 3.63) is 11.9 Å². The molecule has 0 aliphatic heterocycles. The molecule has 78 valence electrons. The lowest BCUT2D eigenvalue weighted by Crippen LogP contribution is -2.31. The second-order valence-corrected chi connectivity index (χ2v) is 3.85. The molecule has 1 aromatic heterocycles. The van der Waals surface area contributed by atoms with Gasteiger partial charge in [0.25, 0.3) is 0 Å². The summed E-state index contributed by atoms with van der Waals surface area (Å²) in [5.74, 6) is 0.616. The summed E-state index contributed by atoms with van der Waals surface area (Å²) in [7, 11) is 3.56. The molecule has 0 amide bonds. The van der Waals surface area contributed by atoms with E-state index in [0.717, 1.165) is 5.69 Å². The van der Waals surface area contributed by atoms with Crippen molar-refractivity contribution >= 4 is 0 Å². The van der Waals surface area contributed by atoms with Gasteiger partial charge in [-0.15, -0.1) is 5.10 Å². The van der Waals surface area contributed by atoms with Crippen LogP contribution in [0.15, 0.2) is 6.20 Å². The summed E-state index contributed by atoms with van der Waals surface area (Å²) in [6, 6.07) is -0.118. The molecule has 2 atom stereocenters. The molecule has 1 aromatic rings. The summed E-state index contributed by atoms with van der Waals surface area (Å²) in [5, 5.41) is 7.68. The first-order valence-electron chi connectivity index (χ1n) is 4.87. The minimum Gasteiger partial charge on any atom is -0.379 e. The Labute approximate surface area is 83.2 Å². The van der Waals surface area contributed by atoms with Crippen molar-refractivity contribution in [3.8, 4) is 0 Å². The molecule has 5 heteroatoms. The third-order valence-electron chi connectivity index (χ3n) is 2.80. The van der Waals surface area contributed by atoms with Gasteiger partial charge in [0.15, 0.2) is 0 Å². The molecule has 5 nitrogen and oxygen atoms in total. The van der Waals surface area contributed by atoms with Gasteiger partial charge in [0.2, 0.25) is 0 Å². The van der Waals surface area contributed by atoms with Crippen molar-refractivity contribution in [2.75, 3.05) is 7.11 Å². The number of rotatable bonds is 4. The highest BCUT2D eigenvalue weighted by Crippen LogP contribution is 2.38. The maximum absolute atomic E-state index is 6.11. The van der Waals surface area contributed by atoms with E-state index in [-0.39, 0.29) is 12.1 Å². The van der Waals surface area contributed by atoms with Gasteiger partial charge in [0.05, 0.1) is 24.0 Å². The molecule has 1 aliphatic carbocycles. The molecule has 0 spiro atoms. The SMILES string of the molecule is COC(C1CC1)C(N)c1cnnn1C. The van der Waals surface area contributed by atoms with Gasteiger partial charge in [-0.25, -0.2) is 0 Å². The molecule has 0 bridgehead atoms. The fraction of sp³-hybridized carbons (Fsp3) is 0.778. The summed E-state index contributed by atoms with van der Waals surface area (Å²) < 4.78 is 7.13. The van der Waals surface area contributed by atoms with E-state index in [1.165, 1.54) is 12.8 Å². The molecule has 0 aromatic carbocycles. The Morgan fingerprint density at radius 2 is 2.36 bits per heavy atom. The number of aryl methyl sites for hydroxylation is 1. The van der Waals surface area contributed by atoms with Gasteiger partial charge < -0.3 is 10.5 Å². The molecule has 0 radical (unpaired) electrons. The number of hydrogen-bond donors (Lipinski definition) is 1. The standard InChI is InChI=1S/C9H16N4O/c1-13-7(5-11-12-13)8(10)9(14-2)6-3-4-6/h5-6,8-9H,3-4,10H2,1-2H3. The predicted molar refractivity (Wildman–Crippen MR) is 51.5 cm³/mol. The summed E-state index contributed by atoms with van der Waals surface area (Å²) >= 11 is 0. The molecular formula is C9H16N4O. The largest absolute Gasteiger partial charge is 0.379 e. The molecule has 1 heterocycles. The van der Waals surface area contributed by atoms with Gasteiger partial charge >= 0.3 is 0 Å². The van der Waals surface area contributed by atoms with Crippen LogP contribution in [0.2, 0.25) is 0 Å². The lowest BCUT2D eigenvalue weighted by atomic mass is 10.0. The Balaban J connectivity index is 2.13. The second-order valence-electron chi connectivity index (χ2n) is 3.85. The summed E-state index contributed by atoms with van der Waals surface area (Å²) in [4.78, 5) is 0. The fourth-order valence-corrected chi connectivity index (χ4v) is 1.82. The maximum atomic E-state index is 6.11. The third kappa shape index (κ3) is 1.65. The van der Waals surface area contributed by atoms with Crippen LogP contribution in [0.25, 0.3) is 0 Å². The van der Waals surface area contributed by atoms with E-state index in [2.05, 4.69) is 10.3 Å². The highest BCUT2D eigenvalue weighted by atomic mass is 16.5. The number of nitrogens with zero attached hydrogens (tertiary/aromatic N) is 3. The first-order chi connectivity index (χ1) is 6.74. The van der Waals surface area contributed by atoms with Crippen LogP contribution < -0.4 is 5.73 Å². The van der Waals surface area contributed by atoms with Crippen molar-refractivity contribution in [1.29, 1.82) is 0 Å². The average Bonchev–Trinajstić information content (AvgIpc) is 2.90. The first kappa shape index (κ1) is 9.61. The quantitative estimate of drug-likeness (QED) is 0.749. The van der Waals surface area contributed by atoms with Crippen molar-refractivity contribution in [3.63, 3.8) is 0 Å². The number of ether oxygens (including phenoxy) is 1. The predicted octanol–water partition coefficient (Wildman–Crippen LogP) is 0.240. The van der Waals surface area contributed by atoms with Crippen LogP contribution in [0, 0.1) is 5.92 Å². The van der Waals surface area contributed by atoms with Crippen LogP contribution in [-0.2, 0) is 11.8 Å². The lowest BCUT2D eigenvalue weighted by Gasteiger charge is -2.21. The van der Waals surface area contributed by atoms with E-state index in [0.29, 0.717) is 5.92 Å². The van der Waals surface area contributed by atoms with Gasteiger partial charge in [0.1, 0.15) is 0 Å². The zero-order chi connectivity index (χ0) is 10.1. The van der Waals surface area contributed by atoms with Gasteiger partial charge in [-0.1, -0.05) is 5.21 Å². The van der Waals surface area contributed by atoms with Crippen LogP contribution in [0.1, 0.15) is 24.6 Å². The van der Waals surface area contributed by atoms with E-state index in [9.17, 15) is 0 Å². The Morgan fingerprint density at radius 3 is 2.79 bits per heavy atom. The van der Waals surface area contributed by atoms with Crippen molar-refractivity contribution in [2.24, 2.45) is 18.7 Å². The monoisotopic (exact) mass is 196 g/mol. The van der Waals surface area contributed by atoms with E-state index < -0.39 is 0 Å². The van der Waals surface area contributed by atoms with E-state index in [4.69, 9.17) is 10.5 Å². The van der Waals surface area contributed by atoms with Crippen molar-refractivity contribution < 1.29 is 4.74 Å². The van der Waals surface area contributed by atoms with E-state index >= 15 is 0 Å². The molecule has 2 rings (SSSR count). The highest BCUT2D eigenvalue weighted by molar-refractivity contribution is 5.06. The van der Waals surface area contributed by atoms with Gasteiger partial charge in [-0.05, 0) is 18.8 Å². The van der Waals surface area contributed by atoms with E-state index in [1.807, 2.05) is 7.05 Å². The number of aromatic nitrogens is 3. The maximum Gasteiger partial charge on any atom is 0.0807 e. The summed E-state index contributed by atoms with van der Waals surface area (Å²) in [6.45, 7) is 0. The Hall–Kier alpha value is -0.940. The van der Waals surface area contributed by atoms with Crippen LogP contribution in [0.3, 0.4) is 0 Å². The Kier molecular flexibility index (Phi) is 2.52. The normalized spacial score (nSPS) is 20.8. The molecule has 1 aliphatic rings. The Bertz CT molecular complexity index is 308. The minimum atomic E-state index is -0.118. The number of hydrogen-bond acceptors (Lipinski definition) is 4. The molecule has 2 unspecified atom stereocenters. The average molecular weight is 196 g/mol. The van der Waals surface area contributed by atoms with Crippen molar-refractivity contribution in [1.82, 2.24) is 15.0 Å². The summed E-state index contributed by atoms with van der Waals surface area (Å²) in [6.07, 6.45) is 4.25.